The van der Waals surface area contributed by atoms with Crippen LogP contribution in [0, 0.1) is 6.92 Å². The molecule has 0 aliphatic rings. The fourth-order valence-electron chi connectivity index (χ4n) is 1.82. The Kier molecular flexibility index (Phi) is 3.82. The number of benzene rings is 2. The highest BCUT2D eigenvalue weighted by Gasteiger charge is 2.09. The fourth-order valence-corrected chi connectivity index (χ4v) is 1.82. The van der Waals surface area contributed by atoms with Gasteiger partial charge in [0.15, 0.2) is 0 Å². The molecule has 0 aliphatic carbocycles. The van der Waals surface area contributed by atoms with Crippen LogP contribution in [0.2, 0.25) is 0 Å². The van der Waals surface area contributed by atoms with E-state index in [9.17, 15) is 4.79 Å². The van der Waals surface area contributed by atoms with E-state index in [1.165, 1.54) is 0 Å². The maximum absolute atomic E-state index is 10.5. The molecule has 0 bridgehead atoms. The van der Waals surface area contributed by atoms with Gasteiger partial charge in [0.05, 0.1) is 6.10 Å². The van der Waals surface area contributed by atoms with Crippen LogP contribution < -0.4 is 4.74 Å². The van der Waals surface area contributed by atoms with Crippen molar-refractivity contribution >= 4 is 16.7 Å². The first kappa shape index (κ1) is 12.4. The highest BCUT2D eigenvalue weighted by Crippen LogP contribution is 2.26. The lowest BCUT2D eigenvalue weighted by atomic mass is 10.1. The molecule has 0 aromatic heterocycles. The smallest absolute Gasteiger partial charge is 0.303 e. The topological polar surface area (TPSA) is 46.5 Å². The zero-order chi connectivity index (χ0) is 13.0. The molecule has 1 N–H and O–H groups in total. The van der Waals surface area contributed by atoms with Crippen molar-refractivity contribution in [3.63, 3.8) is 0 Å². The van der Waals surface area contributed by atoms with Crippen LogP contribution in [-0.2, 0) is 4.79 Å². The summed E-state index contributed by atoms with van der Waals surface area (Å²) in [7, 11) is 0. The number of fused-ring (bicyclic) bond motifs is 1. The minimum Gasteiger partial charge on any atom is -0.490 e. The van der Waals surface area contributed by atoms with E-state index in [2.05, 4.69) is 6.92 Å². The van der Waals surface area contributed by atoms with Crippen LogP contribution in [-0.4, -0.2) is 17.2 Å². The maximum atomic E-state index is 10.5. The van der Waals surface area contributed by atoms with E-state index in [1.54, 1.807) is 0 Å². The van der Waals surface area contributed by atoms with Crippen molar-refractivity contribution in [2.45, 2.75) is 18.9 Å². The van der Waals surface area contributed by atoms with Gasteiger partial charge < -0.3 is 9.84 Å². The van der Waals surface area contributed by atoms with E-state index in [0.717, 1.165) is 16.5 Å². The molecule has 2 rings (SSSR count). The highest BCUT2D eigenvalue weighted by atomic mass is 16.5. The van der Waals surface area contributed by atoms with Crippen molar-refractivity contribution in [2.75, 3.05) is 0 Å². The third-order valence-corrected chi connectivity index (χ3v) is 2.72. The molecule has 1 unspecified atom stereocenters. The molecule has 2 aromatic carbocycles. The van der Waals surface area contributed by atoms with Crippen LogP contribution in [0.3, 0.4) is 0 Å². The number of aliphatic carboxylic acids is 1. The fraction of sp³-hybridized carbons (Fsp3) is 0.200. The van der Waals surface area contributed by atoms with Gasteiger partial charge in [-0.15, -0.1) is 0 Å². The first-order valence-corrected chi connectivity index (χ1v) is 5.86. The van der Waals surface area contributed by atoms with Gasteiger partial charge in [-0.05, 0) is 24.8 Å². The Morgan fingerprint density at radius 1 is 1.22 bits per heavy atom. The van der Waals surface area contributed by atoms with Crippen molar-refractivity contribution in [3.8, 4) is 5.75 Å². The molecule has 2 aromatic rings. The normalized spacial score (nSPS) is 12.3. The van der Waals surface area contributed by atoms with Gasteiger partial charge >= 0.3 is 5.97 Å². The van der Waals surface area contributed by atoms with Crippen LogP contribution in [0.4, 0.5) is 0 Å². The molecule has 0 saturated carbocycles. The molecular weight excluding hydrogens is 228 g/mol. The van der Waals surface area contributed by atoms with E-state index in [1.807, 2.05) is 42.5 Å². The van der Waals surface area contributed by atoms with Gasteiger partial charge in [-0.1, -0.05) is 36.4 Å². The van der Waals surface area contributed by atoms with Gasteiger partial charge in [-0.25, -0.2) is 0 Å². The molecule has 3 nitrogen and oxygen atoms in total. The lowest BCUT2D eigenvalue weighted by Crippen LogP contribution is -2.14. The molecule has 0 aliphatic heterocycles. The van der Waals surface area contributed by atoms with Gasteiger partial charge in [-0.3, -0.25) is 4.79 Å². The standard InChI is InChI=1S/C15H15O3/c1-11(9-10-15(16)17)18-14-8-4-6-12-5-2-3-7-13(12)14/h2-8,11H,1,9-10H2,(H,16,17). The van der Waals surface area contributed by atoms with E-state index < -0.39 is 5.97 Å². The van der Waals surface area contributed by atoms with Gasteiger partial charge in [0.2, 0.25) is 0 Å². The number of carboxylic acid groups (broad SMARTS) is 1. The summed E-state index contributed by atoms with van der Waals surface area (Å²) in [6, 6.07) is 13.7. The number of rotatable bonds is 5. The van der Waals surface area contributed by atoms with Crippen molar-refractivity contribution in [3.05, 3.63) is 49.4 Å². The molecule has 1 radical (unpaired) electrons. The monoisotopic (exact) mass is 243 g/mol. The zero-order valence-corrected chi connectivity index (χ0v) is 10.0. The second-order valence-electron chi connectivity index (χ2n) is 4.15. The Morgan fingerprint density at radius 3 is 2.72 bits per heavy atom. The van der Waals surface area contributed by atoms with E-state index in [4.69, 9.17) is 9.84 Å². The van der Waals surface area contributed by atoms with Crippen molar-refractivity contribution in [2.24, 2.45) is 0 Å². The predicted octanol–water partition coefficient (Wildman–Crippen LogP) is 3.29. The summed E-state index contributed by atoms with van der Waals surface area (Å²) in [6.45, 7) is 3.83. The summed E-state index contributed by atoms with van der Waals surface area (Å²) in [4.78, 5) is 10.5. The lowest BCUT2D eigenvalue weighted by molar-refractivity contribution is -0.137. The van der Waals surface area contributed by atoms with Crippen molar-refractivity contribution in [1.82, 2.24) is 0 Å². The van der Waals surface area contributed by atoms with Crippen molar-refractivity contribution in [1.29, 1.82) is 0 Å². The van der Waals surface area contributed by atoms with E-state index >= 15 is 0 Å². The summed E-state index contributed by atoms with van der Waals surface area (Å²) in [5, 5.41) is 10.7. The van der Waals surface area contributed by atoms with Crippen LogP contribution in [0.5, 0.6) is 5.75 Å². The summed E-state index contributed by atoms with van der Waals surface area (Å²) in [5.41, 5.74) is 0. The zero-order valence-electron chi connectivity index (χ0n) is 10.0. The van der Waals surface area contributed by atoms with Crippen LogP contribution in [0.15, 0.2) is 42.5 Å². The Balaban J connectivity index is 2.14. The largest absolute Gasteiger partial charge is 0.490 e. The molecule has 0 heterocycles. The quantitative estimate of drug-likeness (QED) is 0.876. The molecule has 18 heavy (non-hydrogen) atoms. The van der Waals surface area contributed by atoms with Crippen LogP contribution in [0.1, 0.15) is 12.8 Å². The van der Waals surface area contributed by atoms with Gasteiger partial charge in [-0.2, -0.15) is 0 Å². The molecular formula is C15H15O3. The number of hydrogen-bond acceptors (Lipinski definition) is 2. The average molecular weight is 243 g/mol. The van der Waals surface area contributed by atoms with Gasteiger partial charge in [0.25, 0.3) is 0 Å². The number of carbonyl (C=O) groups is 1. The molecule has 0 saturated heterocycles. The molecule has 3 heteroatoms. The minimum absolute atomic E-state index is 0.0684. The molecule has 0 fully saturated rings. The Labute approximate surface area is 106 Å². The summed E-state index contributed by atoms with van der Waals surface area (Å²) in [6.07, 6.45) is 0.115. The Hall–Kier alpha value is -2.03. The molecule has 0 spiro atoms. The Bertz CT molecular complexity index is 543. The second kappa shape index (κ2) is 5.54. The van der Waals surface area contributed by atoms with Crippen molar-refractivity contribution < 1.29 is 14.6 Å². The lowest BCUT2D eigenvalue weighted by Gasteiger charge is -2.15. The van der Waals surface area contributed by atoms with Gasteiger partial charge in [0, 0.05) is 11.8 Å². The SMILES string of the molecule is [CH2]C(CCC(=O)O)Oc1cccc2ccccc12. The molecule has 1 atom stereocenters. The first-order valence-electron chi connectivity index (χ1n) is 5.86. The molecule has 93 valence electrons. The third kappa shape index (κ3) is 3.00. The summed E-state index contributed by atoms with van der Waals surface area (Å²) >= 11 is 0. The summed E-state index contributed by atoms with van der Waals surface area (Å²) < 4.78 is 5.70. The number of carboxylic acids is 1. The minimum atomic E-state index is -0.829. The average Bonchev–Trinajstić information content (AvgIpc) is 2.37. The van der Waals surface area contributed by atoms with E-state index in [-0.39, 0.29) is 12.5 Å². The number of ether oxygens (including phenoxy) is 1. The summed E-state index contributed by atoms with van der Waals surface area (Å²) in [5.74, 6) is -0.0799. The van der Waals surface area contributed by atoms with E-state index in [0.29, 0.717) is 6.42 Å². The highest BCUT2D eigenvalue weighted by molar-refractivity contribution is 5.88. The molecule has 0 amide bonds. The third-order valence-electron chi connectivity index (χ3n) is 2.72. The predicted molar refractivity (Wildman–Crippen MR) is 70.6 cm³/mol. The second-order valence-corrected chi connectivity index (χ2v) is 4.15. The first-order chi connectivity index (χ1) is 8.66. The maximum Gasteiger partial charge on any atom is 0.303 e. The van der Waals surface area contributed by atoms with Gasteiger partial charge in [0.1, 0.15) is 5.75 Å². The number of hydrogen-bond donors (Lipinski definition) is 1. The van der Waals surface area contributed by atoms with Crippen LogP contribution in [0.25, 0.3) is 10.8 Å². The van der Waals surface area contributed by atoms with Crippen LogP contribution >= 0.6 is 0 Å². The Morgan fingerprint density at radius 2 is 1.94 bits per heavy atom.